The molecule has 2 heterocycles. The Bertz CT molecular complexity index is 328. The molecule has 2 fully saturated rings. The summed E-state index contributed by atoms with van der Waals surface area (Å²) in [5.74, 6) is 0.614. The van der Waals surface area contributed by atoms with Crippen molar-refractivity contribution in [2.75, 3.05) is 19.6 Å². The Morgan fingerprint density at radius 2 is 2.00 bits per heavy atom. The van der Waals surface area contributed by atoms with Crippen LogP contribution < -0.4 is 5.32 Å². The molecule has 20 heavy (non-hydrogen) atoms. The van der Waals surface area contributed by atoms with Gasteiger partial charge in [-0.05, 0) is 46.1 Å². The van der Waals surface area contributed by atoms with Crippen molar-refractivity contribution in [2.45, 2.75) is 65.2 Å². The second-order valence-electron chi connectivity index (χ2n) is 6.45. The molecule has 5 unspecified atom stereocenters. The van der Waals surface area contributed by atoms with E-state index < -0.39 is 0 Å². The minimum absolute atomic E-state index is 0.0218. The third kappa shape index (κ3) is 3.34. The number of ether oxygens (including phenoxy) is 1. The number of carbonyl (C=O) groups is 1. The highest BCUT2D eigenvalue weighted by Crippen LogP contribution is 2.33. The van der Waals surface area contributed by atoms with Gasteiger partial charge >= 0.3 is 0 Å². The molecule has 0 saturated carbocycles. The molecule has 5 atom stereocenters. The minimum atomic E-state index is 0.0218. The first kappa shape index (κ1) is 15.8. The molecule has 2 aliphatic heterocycles. The Morgan fingerprint density at radius 1 is 1.25 bits per heavy atom. The van der Waals surface area contributed by atoms with Crippen LogP contribution in [0.25, 0.3) is 0 Å². The molecule has 0 radical (unpaired) electrons. The molecule has 1 amide bonds. The van der Waals surface area contributed by atoms with Crippen LogP contribution in [0.2, 0.25) is 0 Å². The van der Waals surface area contributed by atoms with Gasteiger partial charge in [-0.25, -0.2) is 0 Å². The first-order valence-corrected chi connectivity index (χ1v) is 8.22. The van der Waals surface area contributed by atoms with Crippen molar-refractivity contribution in [3.05, 3.63) is 0 Å². The summed E-state index contributed by atoms with van der Waals surface area (Å²) in [7, 11) is 0. The van der Waals surface area contributed by atoms with Gasteiger partial charge in [0.25, 0.3) is 0 Å². The molecule has 4 heteroatoms. The minimum Gasteiger partial charge on any atom is -0.374 e. The molecule has 2 saturated heterocycles. The number of nitrogens with one attached hydrogen (secondary N) is 1. The standard InChI is InChI=1S/C16H30N2O2/c1-5-18(10-14-8-6-7-9-17-14)16(19)15-11(2)12(3)20-13(15)4/h11-15,17H,5-10H2,1-4H3. The molecule has 116 valence electrons. The smallest absolute Gasteiger partial charge is 0.228 e. The number of nitrogens with zero attached hydrogens (tertiary/aromatic N) is 1. The Labute approximate surface area is 123 Å². The molecule has 0 spiro atoms. The van der Waals surface area contributed by atoms with Gasteiger partial charge in [-0.1, -0.05) is 13.3 Å². The van der Waals surface area contributed by atoms with Crippen LogP contribution in [0, 0.1) is 11.8 Å². The molecule has 0 aromatic heterocycles. The van der Waals surface area contributed by atoms with Crippen molar-refractivity contribution in [1.82, 2.24) is 10.2 Å². The van der Waals surface area contributed by atoms with Gasteiger partial charge in [0.05, 0.1) is 18.1 Å². The first-order chi connectivity index (χ1) is 9.54. The lowest BCUT2D eigenvalue weighted by atomic mass is 9.88. The molecular formula is C16H30N2O2. The molecule has 0 aliphatic carbocycles. The van der Waals surface area contributed by atoms with Gasteiger partial charge < -0.3 is 15.0 Å². The highest BCUT2D eigenvalue weighted by atomic mass is 16.5. The van der Waals surface area contributed by atoms with Gasteiger partial charge in [-0.15, -0.1) is 0 Å². The molecule has 0 bridgehead atoms. The predicted molar refractivity (Wildman–Crippen MR) is 80.6 cm³/mol. The van der Waals surface area contributed by atoms with Crippen molar-refractivity contribution in [3.8, 4) is 0 Å². The second kappa shape index (κ2) is 6.90. The summed E-state index contributed by atoms with van der Waals surface area (Å²) in [6.07, 6.45) is 3.96. The summed E-state index contributed by atoms with van der Waals surface area (Å²) >= 11 is 0. The maximum absolute atomic E-state index is 12.8. The topological polar surface area (TPSA) is 41.6 Å². The number of amides is 1. The van der Waals surface area contributed by atoms with Crippen molar-refractivity contribution >= 4 is 5.91 Å². The Morgan fingerprint density at radius 3 is 2.50 bits per heavy atom. The van der Waals surface area contributed by atoms with Gasteiger partial charge in [0.15, 0.2) is 0 Å². The Hall–Kier alpha value is -0.610. The van der Waals surface area contributed by atoms with Gasteiger partial charge in [0.1, 0.15) is 0 Å². The average Bonchev–Trinajstić information content (AvgIpc) is 2.70. The number of carbonyl (C=O) groups excluding carboxylic acids is 1. The third-order valence-corrected chi connectivity index (χ3v) is 5.07. The SMILES string of the molecule is CCN(CC1CCCCN1)C(=O)C1C(C)OC(C)C1C. The lowest BCUT2D eigenvalue weighted by Crippen LogP contribution is -2.48. The quantitative estimate of drug-likeness (QED) is 0.858. The zero-order valence-electron chi connectivity index (χ0n) is 13.4. The van der Waals surface area contributed by atoms with Crippen LogP contribution in [0.15, 0.2) is 0 Å². The highest BCUT2D eigenvalue weighted by molar-refractivity contribution is 5.80. The number of piperidine rings is 1. The zero-order valence-corrected chi connectivity index (χ0v) is 13.4. The number of likely N-dealkylation sites (N-methyl/N-ethyl adjacent to an activating group) is 1. The van der Waals surface area contributed by atoms with E-state index in [0.717, 1.165) is 19.6 Å². The summed E-state index contributed by atoms with van der Waals surface area (Å²) in [4.78, 5) is 14.9. The van der Waals surface area contributed by atoms with Crippen molar-refractivity contribution in [1.29, 1.82) is 0 Å². The molecule has 2 rings (SSSR count). The fourth-order valence-electron chi connectivity index (χ4n) is 3.62. The summed E-state index contributed by atoms with van der Waals surface area (Å²) in [5.41, 5.74) is 0. The van der Waals surface area contributed by atoms with Gasteiger partial charge in [0, 0.05) is 19.1 Å². The van der Waals surface area contributed by atoms with Crippen LogP contribution >= 0.6 is 0 Å². The molecule has 1 N–H and O–H groups in total. The van der Waals surface area contributed by atoms with Gasteiger partial charge in [-0.2, -0.15) is 0 Å². The van der Waals surface area contributed by atoms with Crippen LogP contribution in [-0.2, 0) is 9.53 Å². The average molecular weight is 282 g/mol. The van der Waals surface area contributed by atoms with Gasteiger partial charge in [-0.3, -0.25) is 4.79 Å². The highest BCUT2D eigenvalue weighted by Gasteiger charge is 2.43. The van der Waals surface area contributed by atoms with Crippen molar-refractivity contribution < 1.29 is 9.53 Å². The maximum Gasteiger partial charge on any atom is 0.228 e. The van der Waals surface area contributed by atoms with E-state index in [2.05, 4.69) is 26.1 Å². The van der Waals surface area contributed by atoms with Crippen molar-refractivity contribution in [3.63, 3.8) is 0 Å². The molecule has 2 aliphatic rings. The molecule has 0 aromatic carbocycles. The summed E-state index contributed by atoms with van der Waals surface area (Å²) in [6.45, 7) is 11.1. The lowest BCUT2D eigenvalue weighted by Gasteiger charge is -2.32. The second-order valence-corrected chi connectivity index (χ2v) is 6.45. The predicted octanol–water partition coefficient (Wildman–Crippen LogP) is 2.04. The van der Waals surface area contributed by atoms with Crippen LogP contribution in [0.3, 0.4) is 0 Å². The van der Waals surface area contributed by atoms with Gasteiger partial charge in [0.2, 0.25) is 5.91 Å². The normalized spacial score (nSPS) is 37.9. The largest absolute Gasteiger partial charge is 0.374 e. The van der Waals surface area contributed by atoms with E-state index in [1.165, 1.54) is 19.3 Å². The number of rotatable bonds is 4. The van der Waals surface area contributed by atoms with E-state index in [-0.39, 0.29) is 24.0 Å². The summed E-state index contributed by atoms with van der Waals surface area (Å²) in [6, 6.07) is 0.470. The zero-order chi connectivity index (χ0) is 14.7. The van der Waals surface area contributed by atoms with Crippen LogP contribution in [-0.4, -0.2) is 48.7 Å². The monoisotopic (exact) mass is 282 g/mol. The molecular weight excluding hydrogens is 252 g/mol. The Balaban J connectivity index is 1.97. The lowest BCUT2D eigenvalue weighted by molar-refractivity contribution is -0.138. The first-order valence-electron chi connectivity index (χ1n) is 8.22. The van der Waals surface area contributed by atoms with E-state index in [9.17, 15) is 4.79 Å². The molecule has 0 aromatic rings. The summed E-state index contributed by atoms with van der Waals surface area (Å²) < 4.78 is 5.83. The maximum atomic E-state index is 12.8. The van der Waals surface area contributed by atoms with Crippen molar-refractivity contribution in [2.24, 2.45) is 11.8 Å². The van der Waals surface area contributed by atoms with E-state index in [1.54, 1.807) is 0 Å². The number of hydrogen-bond donors (Lipinski definition) is 1. The van der Waals surface area contributed by atoms with E-state index >= 15 is 0 Å². The molecule has 4 nitrogen and oxygen atoms in total. The van der Waals surface area contributed by atoms with Crippen LogP contribution in [0.1, 0.15) is 47.0 Å². The van der Waals surface area contributed by atoms with Crippen LogP contribution in [0.4, 0.5) is 0 Å². The Kier molecular flexibility index (Phi) is 5.44. The number of hydrogen-bond acceptors (Lipinski definition) is 3. The van der Waals surface area contributed by atoms with E-state index in [0.29, 0.717) is 12.0 Å². The van der Waals surface area contributed by atoms with E-state index in [4.69, 9.17) is 4.74 Å². The fraction of sp³-hybridized carbons (Fsp3) is 0.938. The summed E-state index contributed by atoms with van der Waals surface area (Å²) in [5, 5.41) is 3.54. The van der Waals surface area contributed by atoms with E-state index in [1.807, 2.05) is 11.8 Å². The fourth-order valence-corrected chi connectivity index (χ4v) is 3.62. The van der Waals surface area contributed by atoms with Crippen LogP contribution in [0.5, 0.6) is 0 Å². The third-order valence-electron chi connectivity index (χ3n) is 5.07.